The molecule has 0 aliphatic rings. The van der Waals surface area contributed by atoms with Gasteiger partial charge in [-0.3, -0.25) is 0 Å². The summed E-state index contributed by atoms with van der Waals surface area (Å²) >= 11 is 0. The number of aromatic hydroxyl groups is 1. The number of rotatable bonds is 4. The van der Waals surface area contributed by atoms with Crippen molar-refractivity contribution < 1.29 is 14.6 Å². The molecule has 23 heavy (non-hydrogen) atoms. The third-order valence-electron chi connectivity index (χ3n) is 3.57. The molecular weight excluding hydrogens is 292 g/mol. The van der Waals surface area contributed by atoms with Crippen LogP contribution < -0.4 is 9.47 Å². The first kappa shape index (κ1) is 14.8. The van der Waals surface area contributed by atoms with Crippen LogP contribution in [0.3, 0.4) is 0 Å². The van der Waals surface area contributed by atoms with Crippen molar-refractivity contribution in [2.45, 2.75) is 0 Å². The average molecular weight is 308 g/mol. The van der Waals surface area contributed by atoms with Crippen LogP contribution in [0.2, 0.25) is 0 Å². The van der Waals surface area contributed by atoms with Gasteiger partial charge >= 0.3 is 0 Å². The van der Waals surface area contributed by atoms with Gasteiger partial charge in [-0.25, -0.2) is 9.97 Å². The van der Waals surface area contributed by atoms with Crippen LogP contribution in [0.25, 0.3) is 22.4 Å². The molecule has 5 nitrogen and oxygen atoms in total. The fourth-order valence-electron chi connectivity index (χ4n) is 2.36. The van der Waals surface area contributed by atoms with Gasteiger partial charge in [-0.1, -0.05) is 12.1 Å². The van der Waals surface area contributed by atoms with Crippen molar-refractivity contribution in [3.8, 4) is 39.6 Å². The maximum Gasteiger partial charge on any atom is 0.128 e. The van der Waals surface area contributed by atoms with E-state index >= 15 is 0 Å². The number of methoxy groups -OCH3 is 2. The molecule has 0 amide bonds. The first-order chi connectivity index (χ1) is 11.2. The van der Waals surface area contributed by atoms with E-state index in [0.717, 1.165) is 16.9 Å². The molecule has 2 aromatic carbocycles. The third kappa shape index (κ3) is 2.94. The second-order valence-electron chi connectivity index (χ2n) is 4.90. The summed E-state index contributed by atoms with van der Waals surface area (Å²) < 4.78 is 10.3. The Balaban J connectivity index is 2.10. The van der Waals surface area contributed by atoms with Gasteiger partial charge < -0.3 is 14.6 Å². The maximum absolute atomic E-state index is 10.3. The van der Waals surface area contributed by atoms with Crippen molar-refractivity contribution in [3.63, 3.8) is 0 Å². The molecule has 0 atom stereocenters. The van der Waals surface area contributed by atoms with Crippen molar-refractivity contribution in [2.75, 3.05) is 14.2 Å². The van der Waals surface area contributed by atoms with Gasteiger partial charge in [0, 0.05) is 23.4 Å². The Morgan fingerprint density at radius 1 is 0.870 bits per heavy atom. The molecular formula is C18H16N2O3. The van der Waals surface area contributed by atoms with Crippen molar-refractivity contribution in [1.29, 1.82) is 0 Å². The molecule has 1 heterocycles. The van der Waals surface area contributed by atoms with Crippen molar-refractivity contribution in [1.82, 2.24) is 9.97 Å². The van der Waals surface area contributed by atoms with E-state index in [1.807, 2.05) is 24.3 Å². The number of hydrogen-bond acceptors (Lipinski definition) is 5. The van der Waals surface area contributed by atoms with Gasteiger partial charge in [-0.05, 0) is 29.8 Å². The smallest absolute Gasteiger partial charge is 0.128 e. The molecule has 1 N–H and O–H groups in total. The Labute approximate surface area is 134 Å². The van der Waals surface area contributed by atoms with Crippen LogP contribution in [0.1, 0.15) is 0 Å². The molecule has 0 saturated heterocycles. The summed E-state index contributed by atoms with van der Waals surface area (Å²) in [7, 11) is 3.18. The zero-order valence-electron chi connectivity index (χ0n) is 12.9. The van der Waals surface area contributed by atoms with Crippen molar-refractivity contribution in [2.24, 2.45) is 0 Å². The number of ether oxygens (including phenoxy) is 2. The number of aromatic nitrogens is 2. The lowest BCUT2D eigenvalue weighted by Crippen LogP contribution is -1.92. The van der Waals surface area contributed by atoms with Crippen LogP contribution in [0.5, 0.6) is 17.2 Å². The SMILES string of the molecule is COc1ccc(-c2cncnc2-c2ccc(OC)cc2O)cc1. The quantitative estimate of drug-likeness (QED) is 0.798. The minimum atomic E-state index is 0.109. The van der Waals surface area contributed by atoms with E-state index in [4.69, 9.17) is 9.47 Å². The normalized spacial score (nSPS) is 10.3. The van der Waals surface area contributed by atoms with Crippen LogP contribution in [0.15, 0.2) is 55.0 Å². The van der Waals surface area contributed by atoms with Crippen LogP contribution >= 0.6 is 0 Å². The highest BCUT2D eigenvalue weighted by molar-refractivity contribution is 5.83. The van der Waals surface area contributed by atoms with Crippen LogP contribution in [0, 0.1) is 0 Å². The Morgan fingerprint density at radius 2 is 1.57 bits per heavy atom. The Kier molecular flexibility index (Phi) is 4.10. The Bertz CT molecular complexity index is 817. The highest BCUT2D eigenvalue weighted by Crippen LogP contribution is 2.36. The van der Waals surface area contributed by atoms with Crippen LogP contribution in [0.4, 0.5) is 0 Å². The minimum Gasteiger partial charge on any atom is -0.507 e. The summed E-state index contributed by atoms with van der Waals surface area (Å²) in [4.78, 5) is 8.45. The summed E-state index contributed by atoms with van der Waals surface area (Å²) in [6.45, 7) is 0. The molecule has 3 aromatic rings. The lowest BCUT2D eigenvalue weighted by molar-refractivity contribution is 0.408. The van der Waals surface area contributed by atoms with Gasteiger partial charge in [-0.2, -0.15) is 0 Å². The molecule has 3 rings (SSSR count). The van der Waals surface area contributed by atoms with E-state index < -0.39 is 0 Å². The summed E-state index contributed by atoms with van der Waals surface area (Å²) in [5.74, 6) is 1.48. The fourth-order valence-corrected chi connectivity index (χ4v) is 2.36. The number of hydrogen-bond donors (Lipinski definition) is 1. The molecule has 1 aromatic heterocycles. The number of nitrogens with zero attached hydrogens (tertiary/aromatic N) is 2. The molecule has 5 heteroatoms. The Hall–Kier alpha value is -3.08. The first-order valence-electron chi connectivity index (χ1n) is 7.04. The molecule has 0 unspecified atom stereocenters. The monoisotopic (exact) mass is 308 g/mol. The second kappa shape index (κ2) is 6.36. The molecule has 0 bridgehead atoms. The fraction of sp³-hybridized carbons (Fsp3) is 0.111. The van der Waals surface area contributed by atoms with Crippen molar-refractivity contribution >= 4 is 0 Å². The standard InChI is InChI=1S/C18H16N2O3/c1-22-13-5-3-12(4-6-13)16-10-19-11-20-18(16)15-8-7-14(23-2)9-17(15)21/h3-11,21H,1-2H3. The molecule has 0 aliphatic heterocycles. The van der Waals surface area contributed by atoms with E-state index in [-0.39, 0.29) is 5.75 Å². The predicted molar refractivity (Wildman–Crippen MR) is 87.7 cm³/mol. The van der Waals surface area contributed by atoms with Gasteiger partial charge in [0.1, 0.15) is 23.6 Å². The van der Waals surface area contributed by atoms with Gasteiger partial charge in [-0.15, -0.1) is 0 Å². The van der Waals surface area contributed by atoms with E-state index in [0.29, 0.717) is 17.0 Å². The van der Waals surface area contributed by atoms with E-state index in [2.05, 4.69) is 9.97 Å². The summed E-state index contributed by atoms with van der Waals surface area (Å²) in [6.07, 6.45) is 3.19. The molecule has 116 valence electrons. The van der Waals surface area contributed by atoms with E-state index in [9.17, 15) is 5.11 Å². The minimum absolute atomic E-state index is 0.109. The lowest BCUT2D eigenvalue weighted by atomic mass is 10.00. The summed E-state index contributed by atoms with van der Waals surface area (Å²) in [6, 6.07) is 12.7. The topological polar surface area (TPSA) is 64.5 Å². The number of phenols is 1. The predicted octanol–water partition coefficient (Wildman–Crippen LogP) is 3.53. The molecule has 0 aliphatic carbocycles. The molecule has 0 saturated carbocycles. The Morgan fingerprint density at radius 3 is 2.22 bits per heavy atom. The van der Waals surface area contributed by atoms with E-state index in [1.54, 1.807) is 38.6 Å². The largest absolute Gasteiger partial charge is 0.507 e. The van der Waals surface area contributed by atoms with Gasteiger partial charge in [0.15, 0.2) is 0 Å². The van der Waals surface area contributed by atoms with E-state index in [1.165, 1.54) is 6.33 Å². The average Bonchev–Trinajstić information content (AvgIpc) is 2.62. The number of benzene rings is 2. The van der Waals surface area contributed by atoms with Gasteiger partial charge in [0.2, 0.25) is 0 Å². The zero-order chi connectivity index (χ0) is 16.2. The molecule has 0 radical (unpaired) electrons. The summed E-state index contributed by atoms with van der Waals surface area (Å²) in [5.41, 5.74) is 3.05. The molecule has 0 fully saturated rings. The number of phenolic OH excluding ortho intramolecular Hbond substituents is 1. The lowest BCUT2D eigenvalue weighted by Gasteiger charge is -2.11. The van der Waals surface area contributed by atoms with Crippen molar-refractivity contribution in [3.05, 3.63) is 55.0 Å². The maximum atomic E-state index is 10.3. The second-order valence-corrected chi connectivity index (χ2v) is 4.90. The van der Waals surface area contributed by atoms with Crippen LogP contribution in [-0.2, 0) is 0 Å². The highest BCUT2D eigenvalue weighted by Gasteiger charge is 2.13. The van der Waals surface area contributed by atoms with Gasteiger partial charge in [0.25, 0.3) is 0 Å². The summed E-state index contributed by atoms with van der Waals surface area (Å²) in [5, 5.41) is 10.3. The third-order valence-corrected chi connectivity index (χ3v) is 3.57. The highest BCUT2D eigenvalue weighted by atomic mass is 16.5. The first-order valence-corrected chi connectivity index (χ1v) is 7.04. The van der Waals surface area contributed by atoms with Gasteiger partial charge in [0.05, 0.1) is 19.9 Å². The molecule has 0 spiro atoms. The van der Waals surface area contributed by atoms with Crippen LogP contribution in [-0.4, -0.2) is 29.3 Å². The zero-order valence-corrected chi connectivity index (χ0v) is 12.9.